The first-order valence-corrected chi connectivity index (χ1v) is 10.2. The highest BCUT2D eigenvalue weighted by Crippen LogP contribution is 2.33. The maximum absolute atomic E-state index is 5.58. The predicted octanol–water partition coefficient (Wildman–Crippen LogP) is 4.74. The molecule has 0 N–H and O–H groups in total. The third-order valence-corrected chi connectivity index (χ3v) is 4.00. The first-order valence-electron chi connectivity index (χ1n) is 10.2. The van der Waals surface area contributed by atoms with Crippen LogP contribution in [0.15, 0.2) is 6.07 Å². The fourth-order valence-electron chi connectivity index (χ4n) is 2.83. The van der Waals surface area contributed by atoms with E-state index >= 15 is 0 Å². The number of aromatic nitrogens is 3. The highest BCUT2D eigenvalue weighted by molar-refractivity contribution is 5.94. The summed E-state index contributed by atoms with van der Waals surface area (Å²) in [6.07, 6.45) is 0.990. The Labute approximate surface area is 164 Å². The molecule has 1 aliphatic rings. The van der Waals surface area contributed by atoms with Gasteiger partial charge in [-0.3, -0.25) is 0 Å². The number of fused-ring (bicyclic) bond motifs is 1. The number of anilines is 1. The minimum absolute atomic E-state index is 0.265. The van der Waals surface area contributed by atoms with E-state index in [2.05, 4.69) is 23.7 Å². The molecule has 2 aromatic rings. The van der Waals surface area contributed by atoms with E-state index in [1.165, 1.54) is 0 Å². The Kier molecular flexibility index (Phi) is 10.0. The summed E-state index contributed by atoms with van der Waals surface area (Å²) in [5.41, 5.74) is 1.79. The van der Waals surface area contributed by atoms with E-state index in [1.807, 2.05) is 40.7 Å². The smallest absolute Gasteiger partial charge is 0.226 e. The van der Waals surface area contributed by atoms with Crippen molar-refractivity contribution < 1.29 is 9.47 Å². The summed E-state index contributed by atoms with van der Waals surface area (Å²) in [6.45, 7) is 17.4. The molecule has 0 unspecified atom stereocenters. The van der Waals surface area contributed by atoms with Crippen LogP contribution in [0.5, 0.6) is 5.88 Å². The van der Waals surface area contributed by atoms with Gasteiger partial charge in [-0.05, 0) is 19.4 Å². The summed E-state index contributed by atoms with van der Waals surface area (Å²) < 4.78 is 11.1. The highest BCUT2D eigenvalue weighted by Gasteiger charge is 2.21. The van der Waals surface area contributed by atoms with E-state index in [-0.39, 0.29) is 5.92 Å². The molecule has 0 radical (unpaired) electrons. The molecule has 0 spiro atoms. The Hall–Kier alpha value is -1.95. The van der Waals surface area contributed by atoms with Gasteiger partial charge in [0, 0.05) is 31.3 Å². The summed E-state index contributed by atoms with van der Waals surface area (Å²) in [6, 6.07) is 2.00. The maximum atomic E-state index is 5.58. The lowest BCUT2D eigenvalue weighted by atomic mass is 10.1. The molecule has 2 aromatic heterocycles. The van der Waals surface area contributed by atoms with Gasteiger partial charge in [0.2, 0.25) is 5.88 Å². The topological polar surface area (TPSA) is 60.4 Å². The van der Waals surface area contributed by atoms with Crippen molar-refractivity contribution in [1.82, 2.24) is 15.0 Å². The quantitative estimate of drug-likeness (QED) is 0.771. The van der Waals surface area contributed by atoms with Crippen molar-refractivity contribution in [2.24, 2.45) is 0 Å². The van der Waals surface area contributed by atoms with E-state index in [0.717, 1.165) is 54.4 Å². The Bertz CT molecular complexity index is 696. The molecule has 0 aliphatic carbocycles. The number of ether oxygens (including phenoxy) is 2. The largest absolute Gasteiger partial charge is 0.480 e. The Morgan fingerprint density at radius 1 is 1.04 bits per heavy atom. The minimum Gasteiger partial charge on any atom is -0.480 e. The Balaban J connectivity index is 0.000000855. The number of hydrogen-bond donors (Lipinski definition) is 0. The summed E-state index contributed by atoms with van der Waals surface area (Å²) in [5, 5.41) is 0.893. The van der Waals surface area contributed by atoms with Crippen LogP contribution in [0.2, 0.25) is 0 Å². The SMILES string of the molecule is CC.CC.COc1nc(C)cc2nc(C(C)C)nc(N3CCCOCC3)c12. The van der Waals surface area contributed by atoms with Crippen molar-refractivity contribution in [2.45, 2.75) is 60.8 Å². The molecule has 1 aliphatic heterocycles. The van der Waals surface area contributed by atoms with Crippen LogP contribution in [-0.2, 0) is 4.74 Å². The van der Waals surface area contributed by atoms with Gasteiger partial charge in [0.25, 0.3) is 0 Å². The van der Waals surface area contributed by atoms with Crippen molar-refractivity contribution in [2.75, 3.05) is 38.3 Å². The number of methoxy groups -OCH3 is 1. The molecular formula is C21H36N4O2. The zero-order valence-corrected chi connectivity index (χ0v) is 18.3. The van der Waals surface area contributed by atoms with Gasteiger partial charge < -0.3 is 14.4 Å². The molecule has 152 valence electrons. The van der Waals surface area contributed by atoms with Gasteiger partial charge >= 0.3 is 0 Å². The molecule has 27 heavy (non-hydrogen) atoms. The van der Waals surface area contributed by atoms with Gasteiger partial charge in [-0.25, -0.2) is 15.0 Å². The van der Waals surface area contributed by atoms with Gasteiger partial charge in [-0.15, -0.1) is 0 Å². The van der Waals surface area contributed by atoms with Gasteiger partial charge in [-0.1, -0.05) is 41.5 Å². The van der Waals surface area contributed by atoms with Gasteiger partial charge in [0.1, 0.15) is 17.0 Å². The third-order valence-electron chi connectivity index (χ3n) is 4.00. The first-order chi connectivity index (χ1) is 13.1. The molecule has 1 fully saturated rings. The Morgan fingerprint density at radius 2 is 1.74 bits per heavy atom. The number of aryl methyl sites for hydroxylation is 1. The monoisotopic (exact) mass is 376 g/mol. The van der Waals surface area contributed by atoms with Crippen molar-refractivity contribution >= 4 is 16.7 Å². The normalized spacial score (nSPS) is 14.0. The first kappa shape index (κ1) is 23.1. The molecule has 6 nitrogen and oxygen atoms in total. The highest BCUT2D eigenvalue weighted by atomic mass is 16.5. The summed E-state index contributed by atoms with van der Waals surface area (Å²) in [5.74, 6) is 2.62. The summed E-state index contributed by atoms with van der Waals surface area (Å²) in [4.78, 5) is 16.4. The molecule has 0 atom stereocenters. The van der Waals surface area contributed by atoms with E-state index in [1.54, 1.807) is 7.11 Å². The van der Waals surface area contributed by atoms with Crippen LogP contribution < -0.4 is 9.64 Å². The van der Waals surface area contributed by atoms with Crippen molar-refractivity contribution in [3.05, 3.63) is 17.6 Å². The molecular weight excluding hydrogens is 340 g/mol. The molecule has 0 amide bonds. The van der Waals surface area contributed by atoms with E-state index < -0.39 is 0 Å². The number of hydrogen-bond acceptors (Lipinski definition) is 6. The van der Waals surface area contributed by atoms with Crippen LogP contribution in [-0.4, -0.2) is 48.4 Å². The zero-order valence-electron chi connectivity index (χ0n) is 18.3. The molecule has 0 saturated carbocycles. The van der Waals surface area contributed by atoms with Crippen LogP contribution in [0, 0.1) is 6.92 Å². The van der Waals surface area contributed by atoms with Crippen LogP contribution >= 0.6 is 0 Å². The van der Waals surface area contributed by atoms with Gasteiger partial charge in [0.05, 0.1) is 19.2 Å². The van der Waals surface area contributed by atoms with Crippen LogP contribution in [0.3, 0.4) is 0 Å². The van der Waals surface area contributed by atoms with E-state index in [9.17, 15) is 0 Å². The van der Waals surface area contributed by atoms with Crippen LogP contribution in [0.25, 0.3) is 10.9 Å². The van der Waals surface area contributed by atoms with Crippen molar-refractivity contribution in [1.29, 1.82) is 0 Å². The predicted molar refractivity (Wildman–Crippen MR) is 113 cm³/mol. The third kappa shape index (κ3) is 5.76. The molecule has 0 aromatic carbocycles. The molecule has 3 heterocycles. The average molecular weight is 377 g/mol. The molecule has 6 heteroatoms. The van der Waals surface area contributed by atoms with Gasteiger partial charge in [-0.2, -0.15) is 0 Å². The van der Waals surface area contributed by atoms with E-state index in [4.69, 9.17) is 19.4 Å². The summed E-state index contributed by atoms with van der Waals surface area (Å²) >= 11 is 0. The fraction of sp³-hybridized carbons (Fsp3) is 0.667. The second-order valence-corrected chi connectivity index (χ2v) is 6.18. The number of rotatable bonds is 3. The van der Waals surface area contributed by atoms with Crippen molar-refractivity contribution in [3.8, 4) is 5.88 Å². The Morgan fingerprint density at radius 3 is 2.37 bits per heavy atom. The standard InChI is InChI=1S/C17H24N4O2.2C2H6/c1-11(2)15-19-13-10-12(3)18-17(22-4)14(13)16(20-15)21-6-5-8-23-9-7-21;2*1-2/h10-11H,5-9H2,1-4H3;2*1-2H3. The average Bonchev–Trinajstić information content (AvgIpc) is 2.98. The van der Waals surface area contributed by atoms with Crippen LogP contribution in [0.4, 0.5) is 5.82 Å². The minimum atomic E-state index is 0.265. The molecule has 1 saturated heterocycles. The second-order valence-electron chi connectivity index (χ2n) is 6.18. The van der Waals surface area contributed by atoms with Crippen molar-refractivity contribution in [3.63, 3.8) is 0 Å². The van der Waals surface area contributed by atoms with Gasteiger partial charge in [0.15, 0.2) is 0 Å². The lowest BCUT2D eigenvalue weighted by Gasteiger charge is -2.24. The number of pyridine rings is 1. The second kappa shape index (κ2) is 11.7. The lowest BCUT2D eigenvalue weighted by molar-refractivity contribution is 0.152. The lowest BCUT2D eigenvalue weighted by Crippen LogP contribution is -2.28. The fourth-order valence-corrected chi connectivity index (χ4v) is 2.83. The van der Waals surface area contributed by atoms with Crippen LogP contribution in [0.1, 0.15) is 65.4 Å². The molecule has 0 bridgehead atoms. The maximum Gasteiger partial charge on any atom is 0.226 e. The zero-order chi connectivity index (χ0) is 20.4. The summed E-state index contributed by atoms with van der Waals surface area (Å²) in [7, 11) is 1.65. The molecule has 3 rings (SSSR count). The van der Waals surface area contributed by atoms with E-state index in [0.29, 0.717) is 12.5 Å². The number of nitrogens with zero attached hydrogens (tertiary/aromatic N) is 4.